The van der Waals surface area contributed by atoms with Crippen molar-refractivity contribution in [2.45, 2.75) is 50.7 Å². The summed E-state index contributed by atoms with van der Waals surface area (Å²) in [7, 11) is 0. The highest BCUT2D eigenvalue weighted by molar-refractivity contribution is 5.20. The number of ether oxygens (including phenoxy) is 1. The van der Waals surface area contributed by atoms with Crippen molar-refractivity contribution in [2.24, 2.45) is 5.73 Å². The van der Waals surface area contributed by atoms with Crippen LogP contribution in [-0.2, 0) is 4.74 Å². The molecule has 2 nitrogen and oxygen atoms in total. The van der Waals surface area contributed by atoms with Crippen LogP contribution in [0.15, 0.2) is 24.0 Å². The molecule has 0 saturated heterocycles. The molecule has 0 amide bonds. The van der Waals surface area contributed by atoms with Crippen molar-refractivity contribution in [1.82, 2.24) is 0 Å². The summed E-state index contributed by atoms with van der Waals surface area (Å²) in [6, 6.07) is 0.189. The smallest absolute Gasteiger partial charge is 0.115 e. The van der Waals surface area contributed by atoms with Gasteiger partial charge in [-0.25, -0.2) is 0 Å². The molecule has 1 saturated carbocycles. The number of hydrogen-bond acceptors (Lipinski definition) is 2. The molecular weight excluding hydrogens is 174 g/mol. The molecule has 0 aliphatic heterocycles. The van der Waals surface area contributed by atoms with E-state index in [9.17, 15) is 0 Å². The van der Waals surface area contributed by atoms with Gasteiger partial charge in [0.05, 0.1) is 6.10 Å². The minimum Gasteiger partial charge on any atom is -0.491 e. The molecule has 2 N–H and O–H groups in total. The van der Waals surface area contributed by atoms with Crippen LogP contribution >= 0.6 is 0 Å². The van der Waals surface area contributed by atoms with Crippen LogP contribution in [0.3, 0.4) is 0 Å². The van der Waals surface area contributed by atoms with Crippen LogP contribution in [0.4, 0.5) is 0 Å². The summed E-state index contributed by atoms with van der Waals surface area (Å²) in [5, 5.41) is 0. The van der Waals surface area contributed by atoms with Gasteiger partial charge in [0.1, 0.15) is 5.76 Å². The van der Waals surface area contributed by atoms with Crippen LogP contribution in [0.1, 0.15) is 38.5 Å². The lowest BCUT2D eigenvalue weighted by molar-refractivity contribution is 0.0888. The molecule has 14 heavy (non-hydrogen) atoms. The summed E-state index contributed by atoms with van der Waals surface area (Å²) in [4.78, 5) is 0. The van der Waals surface area contributed by atoms with Gasteiger partial charge in [-0.2, -0.15) is 0 Å². The second-order valence-electron chi connectivity index (χ2n) is 4.24. The minimum absolute atomic E-state index is 0.189. The Balaban J connectivity index is 1.82. The molecule has 0 aromatic heterocycles. The summed E-state index contributed by atoms with van der Waals surface area (Å²) in [6.45, 7) is 0. The fourth-order valence-corrected chi connectivity index (χ4v) is 2.08. The lowest BCUT2D eigenvalue weighted by Gasteiger charge is -2.24. The van der Waals surface area contributed by atoms with E-state index in [1.54, 1.807) is 0 Å². The zero-order valence-corrected chi connectivity index (χ0v) is 8.61. The molecule has 1 fully saturated rings. The van der Waals surface area contributed by atoms with E-state index in [1.165, 1.54) is 32.1 Å². The van der Waals surface area contributed by atoms with E-state index < -0.39 is 0 Å². The molecule has 0 bridgehead atoms. The van der Waals surface area contributed by atoms with Crippen molar-refractivity contribution in [3.63, 3.8) is 0 Å². The van der Waals surface area contributed by atoms with E-state index in [0.29, 0.717) is 6.10 Å². The molecule has 2 aliphatic rings. The zero-order valence-electron chi connectivity index (χ0n) is 8.61. The molecule has 78 valence electrons. The third kappa shape index (κ3) is 2.61. The summed E-state index contributed by atoms with van der Waals surface area (Å²) >= 11 is 0. The van der Waals surface area contributed by atoms with Crippen LogP contribution < -0.4 is 5.73 Å². The Bertz CT molecular complexity index is 239. The molecular formula is C12H19NO. The number of allylic oxidation sites excluding steroid dienone is 1. The van der Waals surface area contributed by atoms with Gasteiger partial charge in [0.15, 0.2) is 0 Å². The maximum Gasteiger partial charge on any atom is 0.115 e. The van der Waals surface area contributed by atoms with Crippen LogP contribution in [0.25, 0.3) is 0 Å². The standard InChI is InChI=1S/C12H19NO/c13-10-6-8-12(9-7-10)14-11-4-2-1-3-5-11/h6,8-11H,1-5,7,13H2. The first-order valence-corrected chi connectivity index (χ1v) is 5.65. The van der Waals surface area contributed by atoms with Gasteiger partial charge >= 0.3 is 0 Å². The Labute approximate surface area is 85.8 Å². The van der Waals surface area contributed by atoms with Gasteiger partial charge in [-0.1, -0.05) is 12.5 Å². The second kappa shape index (κ2) is 4.65. The van der Waals surface area contributed by atoms with Gasteiger partial charge in [0, 0.05) is 6.04 Å². The molecule has 0 radical (unpaired) electrons. The van der Waals surface area contributed by atoms with E-state index in [4.69, 9.17) is 10.5 Å². The summed E-state index contributed by atoms with van der Waals surface area (Å²) < 4.78 is 5.90. The highest BCUT2D eigenvalue weighted by Crippen LogP contribution is 2.23. The van der Waals surface area contributed by atoms with E-state index >= 15 is 0 Å². The van der Waals surface area contributed by atoms with Crippen molar-refractivity contribution in [1.29, 1.82) is 0 Å². The van der Waals surface area contributed by atoms with Crippen LogP contribution in [-0.4, -0.2) is 12.1 Å². The van der Waals surface area contributed by atoms with Crippen molar-refractivity contribution < 1.29 is 4.74 Å². The predicted molar refractivity (Wildman–Crippen MR) is 57.8 cm³/mol. The number of rotatable bonds is 2. The van der Waals surface area contributed by atoms with Gasteiger partial charge in [0.2, 0.25) is 0 Å². The van der Waals surface area contributed by atoms with E-state index in [-0.39, 0.29) is 6.04 Å². The molecule has 0 aromatic rings. The summed E-state index contributed by atoms with van der Waals surface area (Å²) in [6.07, 6.45) is 14.0. The second-order valence-corrected chi connectivity index (χ2v) is 4.24. The van der Waals surface area contributed by atoms with Crippen LogP contribution in [0.5, 0.6) is 0 Å². The fourth-order valence-electron chi connectivity index (χ4n) is 2.08. The highest BCUT2D eigenvalue weighted by atomic mass is 16.5. The third-order valence-corrected chi connectivity index (χ3v) is 2.95. The quantitative estimate of drug-likeness (QED) is 0.731. The van der Waals surface area contributed by atoms with Gasteiger partial charge in [0.25, 0.3) is 0 Å². The van der Waals surface area contributed by atoms with Crippen LogP contribution in [0.2, 0.25) is 0 Å². The number of nitrogens with two attached hydrogens (primary N) is 1. The third-order valence-electron chi connectivity index (χ3n) is 2.95. The maximum absolute atomic E-state index is 5.90. The van der Waals surface area contributed by atoms with Crippen LogP contribution in [0, 0.1) is 0 Å². The molecule has 0 spiro atoms. The monoisotopic (exact) mass is 193 g/mol. The van der Waals surface area contributed by atoms with Gasteiger partial charge < -0.3 is 10.5 Å². The lowest BCUT2D eigenvalue weighted by Crippen LogP contribution is -2.20. The first kappa shape index (κ1) is 9.78. The average Bonchev–Trinajstić information content (AvgIpc) is 2.23. The molecule has 1 unspecified atom stereocenters. The van der Waals surface area contributed by atoms with Gasteiger partial charge in [-0.3, -0.25) is 0 Å². The Hall–Kier alpha value is -0.760. The van der Waals surface area contributed by atoms with Gasteiger partial charge in [-0.05, 0) is 44.3 Å². The first-order chi connectivity index (χ1) is 6.84. The van der Waals surface area contributed by atoms with E-state index in [0.717, 1.165) is 12.2 Å². The zero-order chi connectivity index (χ0) is 9.80. The molecule has 2 aliphatic carbocycles. The Morgan fingerprint density at radius 3 is 2.64 bits per heavy atom. The minimum atomic E-state index is 0.189. The van der Waals surface area contributed by atoms with Crippen molar-refractivity contribution in [3.8, 4) is 0 Å². The number of hydrogen-bond donors (Lipinski definition) is 1. The normalized spacial score (nSPS) is 28.6. The SMILES string of the molecule is NC1C=CC(OC2CCCCC2)=CC1. The molecule has 2 rings (SSSR count). The molecule has 2 heteroatoms. The maximum atomic E-state index is 5.90. The molecule has 0 heterocycles. The largest absolute Gasteiger partial charge is 0.491 e. The lowest BCUT2D eigenvalue weighted by atomic mass is 9.97. The fraction of sp³-hybridized carbons (Fsp3) is 0.667. The molecule has 0 aromatic carbocycles. The van der Waals surface area contributed by atoms with E-state index in [1.807, 2.05) is 12.2 Å². The first-order valence-electron chi connectivity index (χ1n) is 5.65. The average molecular weight is 193 g/mol. The topological polar surface area (TPSA) is 35.2 Å². The van der Waals surface area contributed by atoms with Crippen molar-refractivity contribution >= 4 is 0 Å². The molecule has 1 atom stereocenters. The summed E-state index contributed by atoms with van der Waals surface area (Å²) in [5.41, 5.74) is 5.74. The summed E-state index contributed by atoms with van der Waals surface area (Å²) in [5.74, 6) is 1.03. The highest BCUT2D eigenvalue weighted by Gasteiger charge is 2.15. The van der Waals surface area contributed by atoms with E-state index in [2.05, 4.69) is 6.08 Å². The Kier molecular flexibility index (Phi) is 3.25. The predicted octanol–water partition coefficient (Wildman–Crippen LogP) is 2.51. The Morgan fingerprint density at radius 2 is 2.00 bits per heavy atom. The Morgan fingerprint density at radius 1 is 1.21 bits per heavy atom. The van der Waals surface area contributed by atoms with Crippen molar-refractivity contribution in [2.75, 3.05) is 0 Å². The van der Waals surface area contributed by atoms with Crippen molar-refractivity contribution in [3.05, 3.63) is 24.0 Å². The van der Waals surface area contributed by atoms with Gasteiger partial charge in [-0.15, -0.1) is 0 Å².